The molecular formula is C69H127N7O11. The molecule has 87 heavy (non-hydrogen) atoms. The van der Waals surface area contributed by atoms with Gasteiger partial charge < -0.3 is 46.1 Å². The van der Waals surface area contributed by atoms with Crippen LogP contribution in [-0.2, 0) is 52.6 Å². The van der Waals surface area contributed by atoms with Crippen LogP contribution in [0.15, 0.2) is 12.2 Å². The summed E-state index contributed by atoms with van der Waals surface area (Å²) in [6, 6.07) is -1.03. The first-order chi connectivity index (χ1) is 41.3. The Bertz CT molecular complexity index is 1970. The third-order valence-electron chi connectivity index (χ3n) is 16.1. The van der Waals surface area contributed by atoms with Crippen LogP contribution in [0.2, 0.25) is 0 Å². The summed E-state index contributed by atoms with van der Waals surface area (Å²) >= 11 is 0. The molecule has 0 spiro atoms. The van der Waals surface area contributed by atoms with Crippen LogP contribution in [0.5, 0.6) is 0 Å². The summed E-state index contributed by atoms with van der Waals surface area (Å²) in [4.78, 5) is 105. The van der Waals surface area contributed by atoms with Gasteiger partial charge in [0.15, 0.2) is 0 Å². The minimum Gasteiger partial charge on any atom is -0.380 e. The Morgan fingerprint density at radius 3 is 1.25 bits per heavy atom. The molecule has 1 aliphatic heterocycles. The maximum Gasteiger partial charge on any atom is 0.253 e. The molecule has 18 nitrogen and oxygen atoms in total. The number of unbranched alkanes of at least 4 members (excludes halogenated alkanes) is 16. The number of hydrogen-bond acceptors (Lipinski definition) is 11. The van der Waals surface area contributed by atoms with Crippen LogP contribution in [0.25, 0.3) is 0 Å². The van der Waals surface area contributed by atoms with Gasteiger partial charge in [0.25, 0.3) is 11.8 Å². The lowest BCUT2D eigenvalue weighted by molar-refractivity contribution is -0.137. The molecule has 8 amide bonds. The number of carbonyl (C=O) groups is 8. The summed E-state index contributed by atoms with van der Waals surface area (Å²) in [6.45, 7) is 28.1. The molecule has 2 unspecified atom stereocenters. The van der Waals surface area contributed by atoms with Gasteiger partial charge in [-0.25, -0.2) is 0 Å². The molecule has 0 aromatic heterocycles. The number of hydrogen-bond donors (Lipinski definition) is 6. The zero-order valence-corrected chi connectivity index (χ0v) is 57.1. The van der Waals surface area contributed by atoms with Gasteiger partial charge in [0, 0.05) is 98.8 Å². The van der Waals surface area contributed by atoms with E-state index in [9.17, 15) is 38.4 Å². The summed E-state index contributed by atoms with van der Waals surface area (Å²) in [7, 11) is 0. The average Bonchev–Trinajstić information content (AvgIpc) is 3.97. The predicted molar refractivity (Wildman–Crippen MR) is 349 cm³/mol. The summed E-state index contributed by atoms with van der Waals surface area (Å²) in [5.41, 5.74) is -1.92. The van der Waals surface area contributed by atoms with E-state index in [4.69, 9.17) is 14.2 Å². The minimum atomic E-state index is -1.03. The number of nitrogens with zero attached hydrogens (tertiary/aromatic N) is 1. The summed E-state index contributed by atoms with van der Waals surface area (Å²) in [6.07, 6.45) is 29.5. The second-order valence-electron chi connectivity index (χ2n) is 28.1. The van der Waals surface area contributed by atoms with E-state index < -0.39 is 45.9 Å². The van der Waals surface area contributed by atoms with Gasteiger partial charge in [0.05, 0.1) is 39.6 Å². The number of imide groups is 1. The van der Waals surface area contributed by atoms with Crippen LogP contribution >= 0.6 is 0 Å². The van der Waals surface area contributed by atoms with Crippen molar-refractivity contribution in [2.24, 2.45) is 33.5 Å². The van der Waals surface area contributed by atoms with Gasteiger partial charge in [0.1, 0.15) is 6.04 Å². The molecule has 0 aliphatic carbocycles. The molecule has 0 aromatic carbocycles. The highest BCUT2D eigenvalue weighted by Crippen LogP contribution is 2.25. The van der Waals surface area contributed by atoms with Crippen molar-refractivity contribution in [2.45, 2.75) is 269 Å². The van der Waals surface area contributed by atoms with Gasteiger partial charge in [-0.15, -0.1) is 0 Å². The molecule has 0 bridgehead atoms. The van der Waals surface area contributed by atoms with Crippen molar-refractivity contribution in [3.05, 3.63) is 12.2 Å². The average molecular weight is 1230 g/mol. The zero-order chi connectivity index (χ0) is 65.0. The molecule has 18 heteroatoms. The molecule has 1 aliphatic rings. The summed E-state index contributed by atoms with van der Waals surface area (Å²) in [5, 5.41) is 18.0. The molecule has 0 saturated heterocycles. The van der Waals surface area contributed by atoms with E-state index in [0.29, 0.717) is 46.1 Å². The van der Waals surface area contributed by atoms with Gasteiger partial charge in [0.2, 0.25) is 35.4 Å². The number of nitrogens with one attached hydrogen (secondary N) is 6. The minimum absolute atomic E-state index is 0.00600. The highest BCUT2D eigenvalue weighted by atomic mass is 16.5. The maximum absolute atomic E-state index is 14.0. The normalized spacial score (nSPS) is 14.0. The number of amides is 8. The summed E-state index contributed by atoms with van der Waals surface area (Å²) < 4.78 is 18.1. The fourth-order valence-electron chi connectivity index (χ4n) is 10.5. The maximum atomic E-state index is 14.0. The van der Waals surface area contributed by atoms with Crippen molar-refractivity contribution in [1.29, 1.82) is 0 Å². The Morgan fingerprint density at radius 1 is 0.414 bits per heavy atom. The Morgan fingerprint density at radius 2 is 0.782 bits per heavy atom. The van der Waals surface area contributed by atoms with Gasteiger partial charge >= 0.3 is 0 Å². The van der Waals surface area contributed by atoms with Crippen LogP contribution in [0.4, 0.5) is 0 Å². The highest BCUT2D eigenvalue weighted by Gasteiger charge is 2.31. The van der Waals surface area contributed by atoms with Crippen LogP contribution < -0.4 is 31.9 Å². The van der Waals surface area contributed by atoms with E-state index in [0.717, 1.165) is 81.9 Å². The fourth-order valence-corrected chi connectivity index (χ4v) is 10.5. The van der Waals surface area contributed by atoms with Crippen LogP contribution in [-0.4, -0.2) is 137 Å². The van der Waals surface area contributed by atoms with Crippen molar-refractivity contribution < 1.29 is 52.6 Å². The standard InChI is InChI=1S/C69H127N7O11/c1-13-17-21-25-27-31-35-55(33-29-23-19-15-3)63(82)71-43-46-86-52-68(9,10)50-74-65(84)57(75-60(79)47-66(5,6)51-85-45-42-70-59(78)41-44-76-61(80)39-40-62(76)81)37-38-58(77)72-48-67(7,8)53-87-54-69(11,12)49-73-64(83)56(34-30-24-20-16-4)36-32-28-26-22-18-14-2/h39-40,55-57H,13-38,41-54H2,1-12H3,(H,70,78)(H,71,82)(H,72,77)(H,73,83)(H,74,84)(H,75,79)/t55?,56?,57-/m0/s1. The van der Waals surface area contributed by atoms with Crippen LogP contribution in [0, 0.1) is 33.5 Å². The molecule has 0 fully saturated rings. The van der Waals surface area contributed by atoms with E-state index >= 15 is 0 Å². The Balaban J connectivity index is 2.88. The molecule has 1 heterocycles. The first kappa shape index (κ1) is 80.6. The Labute approximate surface area is 528 Å². The third kappa shape index (κ3) is 41.5. The quantitative estimate of drug-likeness (QED) is 0.0247. The fraction of sp³-hybridized carbons (Fsp3) is 0.855. The van der Waals surface area contributed by atoms with Crippen molar-refractivity contribution in [1.82, 2.24) is 36.8 Å². The lowest BCUT2D eigenvalue weighted by Gasteiger charge is -2.30. The molecule has 3 atom stereocenters. The Hall–Kier alpha value is -4.42. The van der Waals surface area contributed by atoms with Crippen molar-refractivity contribution in [2.75, 3.05) is 78.9 Å². The molecule has 0 aromatic rings. The number of rotatable bonds is 56. The first-order valence-electron chi connectivity index (χ1n) is 34.2. The second-order valence-corrected chi connectivity index (χ2v) is 28.1. The molecule has 504 valence electrons. The molecule has 0 saturated carbocycles. The third-order valence-corrected chi connectivity index (χ3v) is 16.1. The zero-order valence-electron chi connectivity index (χ0n) is 57.1. The SMILES string of the molecule is CCCCCCCCC(CCCCCC)C(=O)NCCOCC(C)(C)CNC(=O)[C@H](CCC(=O)NCC(C)(C)COCC(C)(C)CNC(=O)C(CCCCCC)CCCCCCCC)NC(=O)CC(C)(C)COCCNC(=O)CCN1C(=O)C=CC1=O. The molecule has 0 radical (unpaired) electrons. The monoisotopic (exact) mass is 1230 g/mol. The van der Waals surface area contributed by atoms with Crippen molar-refractivity contribution in [3.8, 4) is 0 Å². The molecular weight excluding hydrogens is 1100 g/mol. The van der Waals surface area contributed by atoms with Crippen molar-refractivity contribution in [3.63, 3.8) is 0 Å². The van der Waals surface area contributed by atoms with Crippen molar-refractivity contribution >= 4 is 47.3 Å². The van der Waals surface area contributed by atoms with Crippen LogP contribution in [0.1, 0.15) is 263 Å². The van der Waals surface area contributed by atoms with E-state index in [1.807, 2.05) is 41.5 Å². The predicted octanol–water partition coefficient (Wildman–Crippen LogP) is 11.4. The number of carbonyl (C=O) groups excluding carboxylic acids is 8. The lowest BCUT2D eigenvalue weighted by Crippen LogP contribution is -2.50. The molecule has 1 rings (SSSR count). The van der Waals surface area contributed by atoms with E-state index in [1.165, 1.54) is 89.2 Å². The largest absolute Gasteiger partial charge is 0.380 e. The van der Waals surface area contributed by atoms with Gasteiger partial charge in [-0.2, -0.15) is 0 Å². The second kappa shape index (κ2) is 46.6. The summed E-state index contributed by atoms with van der Waals surface area (Å²) in [5.74, 6) is -2.05. The highest BCUT2D eigenvalue weighted by molar-refractivity contribution is 6.13. The first-order valence-corrected chi connectivity index (χ1v) is 34.2. The van der Waals surface area contributed by atoms with Gasteiger partial charge in [-0.1, -0.05) is 212 Å². The van der Waals surface area contributed by atoms with E-state index in [-0.39, 0.29) is 99.4 Å². The smallest absolute Gasteiger partial charge is 0.253 e. The van der Waals surface area contributed by atoms with Gasteiger partial charge in [-0.05, 0) is 37.5 Å². The number of ether oxygens (including phenoxy) is 3. The lowest BCUT2D eigenvalue weighted by atomic mass is 9.90. The van der Waals surface area contributed by atoms with E-state index in [1.54, 1.807) is 0 Å². The topological polar surface area (TPSA) is 240 Å². The Kier molecular flexibility index (Phi) is 43.2. The van der Waals surface area contributed by atoms with Crippen LogP contribution in [0.3, 0.4) is 0 Å². The molecule has 6 N–H and O–H groups in total. The van der Waals surface area contributed by atoms with Gasteiger partial charge in [-0.3, -0.25) is 43.3 Å². The van der Waals surface area contributed by atoms with E-state index in [2.05, 4.69) is 73.4 Å².